The predicted molar refractivity (Wildman–Crippen MR) is 215 cm³/mol. The Labute approximate surface area is 293 Å². The Balaban J connectivity index is 1.27. The molecule has 0 saturated carbocycles. The molecule has 1 aliphatic carbocycles. The molecule has 0 atom stereocenters. The molecule has 3 nitrogen and oxygen atoms in total. The molecule has 3 aromatic heterocycles. The third-order valence-corrected chi connectivity index (χ3v) is 11.8. The Kier molecular flexibility index (Phi) is 5.05. The van der Waals surface area contributed by atoms with Crippen LogP contribution in [0.2, 0.25) is 0 Å². The number of aromatic nitrogens is 3. The topological polar surface area (TPSA) is 22.2 Å². The minimum atomic E-state index is -0.0978. The van der Waals surface area contributed by atoms with E-state index in [1.54, 1.807) is 0 Å². The SMILES string of the molecule is CC1(C)c2ccccc2-c2c3c1cccc3cc1c2c2ccccc2n1-c1ccc2c3c4ccccc4ccc3c3nc4ccccc4n3c2c1. The lowest BCUT2D eigenvalue weighted by molar-refractivity contribution is 0.645. The van der Waals surface area contributed by atoms with Crippen molar-refractivity contribution in [2.24, 2.45) is 0 Å². The first kappa shape index (κ1) is 27.4. The van der Waals surface area contributed by atoms with E-state index in [-0.39, 0.29) is 5.41 Å². The normalized spacial score (nSPS) is 13.8. The van der Waals surface area contributed by atoms with Gasteiger partial charge in [-0.25, -0.2) is 4.98 Å². The third-order valence-electron chi connectivity index (χ3n) is 11.8. The van der Waals surface area contributed by atoms with E-state index in [1.165, 1.54) is 81.8 Å². The number of pyridine rings is 1. The van der Waals surface area contributed by atoms with Gasteiger partial charge in [-0.2, -0.15) is 0 Å². The average Bonchev–Trinajstić information content (AvgIpc) is 3.72. The molecule has 0 bridgehead atoms. The molecule has 0 saturated heterocycles. The second kappa shape index (κ2) is 9.41. The first-order chi connectivity index (χ1) is 25.1. The lowest BCUT2D eigenvalue weighted by Crippen LogP contribution is -2.23. The van der Waals surface area contributed by atoms with Gasteiger partial charge in [-0.3, -0.25) is 4.40 Å². The molecule has 0 N–H and O–H groups in total. The highest BCUT2D eigenvalue weighted by Crippen LogP contribution is 2.53. The number of imidazole rings is 1. The lowest BCUT2D eigenvalue weighted by Gasteiger charge is -2.35. The van der Waals surface area contributed by atoms with E-state index in [4.69, 9.17) is 4.98 Å². The molecule has 51 heavy (non-hydrogen) atoms. The molecule has 11 aromatic rings. The second-order valence-corrected chi connectivity index (χ2v) is 14.7. The number of nitrogens with zero attached hydrogens (tertiary/aromatic N) is 3. The van der Waals surface area contributed by atoms with Gasteiger partial charge in [-0.1, -0.05) is 123 Å². The highest BCUT2D eigenvalue weighted by atomic mass is 15.0. The first-order valence-corrected chi connectivity index (χ1v) is 17.8. The zero-order chi connectivity index (χ0) is 33.6. The van der Waals surface area contributed by atoms with Gasteiger partial charge in [-0.05, 0) is 80.7 Å². The number of para-hydroxylation sites is 3. The van der Waals surface area contributed by atoms with Gasteiger partial charge in [-0.15, -0.1) is 0 Å². The third kappa shape index (κ3) is 3.36. The smallest absolute Gasteiger partial charge is 0.146 e. The predicted octanol–water partition coefficient (Wildman–Crippen LogP) is 12.5. The molecule has 3 heterocycles. The van der Waals surface area contributed by atoms with E-state index < -0.39 is 0 Å². The minimum absolute atomic E-state index is 0.0978. The summed E-state index contributed by atoms with van der Waals surface area (Å²) in [5.41, 5.74) is 13.2. The summed E-state index contributed by atoms with van der Waals surface area (Å²) in [6.07, 6.45) is 0. The number of hydrogen-bond acceptors (Lipinski definition) is 1. The van der Waals surface area contributed by atoms with Gasteiger partial charge in [0.2, 0.25) is 0 Å². The fourth-order valence-electron chi connectivity index (χ4n) is 9.61. The van der Waals surface area contributed by atoms with Gasteiger partial charge in [0.05, 0.1) is 27.6 Å². The molecule has 0 fully saturated rings. The molecule has 0 aliphatic heterocycles. The summed E-state index contributed by atoms with van der Waals surface area (Å²) in [4.78, 5) is 5.25. The van der Waals surface area contributed by atoms with Gasteiger partial charge in [0.15, 0.2) is 0 Å². The summed E-state index contributed by atoms with van der Waals surface area (Å²) in [5.74, 6) is 0. The molecule has 0 amide bonds. The van der Waals surface area contributed by atoms with Gasteiger partial charge in [0, 0.05) is 43.6 Å². The molecule has 8 aromatic carbocycles. The van der Waals surface area contributed by atoms with Crippen LogP contribution in [0.3, 0.4) is 0 Å². The van der Waals surface area contributed by atoms with Crippen molar-refractivity contribution in [3.05, 3.63) is 163 Å². The standard InChI is InChI=1S/C48H31N3/c1-48(2)36-17-7-5-15-32(36)46-43-29(13-11-18-37(43)48)26-42-45(46)33-16-6-9-20-39(33)50(42)30-23-25-34-41(27-30)51-40-21-10-8-19-38(40)49-47(51)35-24-22-28-12-3-4-14-31(28)44(34)35/h3-27H,1-2H3. The van der Waals surface area contributed by atoms with E-state index in [2.05, 4.69) is 174 Å². The van der Waals surface area contributed by atoms with Crippen LogP contribution in [-0.2, 0) is 5.41 Å². The number of rotatable bonds is 1. The minimum Gasteiger partial charge on any atom is -0.309 e. The van der Waals surface area contributed by atoms with Crippen LogP contribution in [0.4, 0.5) is 0 Å². The van der Waals surface area contributed by atoms with Gasteiger partial charge < -0.3 is 4.57 Å². The molecular weight excluding hydrogens is 619 g/mol. The Morgan fingerprint density at radius 3 is 2.10 bits per heavy atom. The van der Waals surface area contributed by atoms with Gasteiger partial charge in [0.1, 0.15) is 5.65 Å². The molecule has 1 aliphatic rings. The lowest BCUT2D eigenvalue weighted by atomic mass is 9.68. The van der Waals surface area contributed by atoms with Crippen LogP contribution in [-0.4, -0.2) is 14.0 Å². The van der Waals surface area contributed by atoms with Crippen molar-refractivity contribution in [2.75, 3.05) is 0 Å². The number of fused-ring (bicyclic) bond motifs is 16. The number of hydrogen-bond donors (Lipinski definition) is 0. The van der Waals surface area contributed by atoms with Crippen molar-refractivity contribution in [3.8, 4) is 16.8 Å². The van der Waals surface area contributed by atoms with Crippen molar-refractivity contribution in [2.45, 2.75) is 19.3 Å². The summed E-state index contributed by atoms with van der Waals surface area (Å²) >= 11 is 0. The van der Waals surface area contributed by atoms with E-state index in [9.17, 15) is 0 Å². The first-order valence-electron chi connectivity index (χ1n) is 17.8. The monoisotopic (exact) mass is 649 g/mol. The van der Waals surface area contributed by atoms with Crippen LogP contribution in [0.1, 0.15) is 25.0 Å². The summed E-state index contributed by atoms with van der Waals surface area (Å²) in [6.45, 7) is 4.75. The Morgan fingerprint density at radius 2 is 1.18 bits per heavy atom. The van der Waals surface area contributed by atoms with E-state index in [0.29, 0.717) is 0 Å². The zero-order valence-corrected chi connectivity index (χ0v) is 28.3. The van der Waals surface area contributed by atoms with Crippen molar-refractivity contribution in [1.29, 1.82) is 0 Å². The molecule has 238 valence electrons. The Hall–Kier alpha value is -6.45. The van der Waals surface area contributed by atoms with Crippen LogP contribution < -0.4 is 0 Å². The van der Waals surface area contributed by atoms with E-state index in [1.807, 2.05) is 0 Å². The molecule has 0 radical (unpaired) electrons. The van der Waals surface area contributed by atoms with Gasteiger partial charge >= 0.3 is 0 Å². The second-order valence-electron chi connectivity index (χ2n) is 14.7. The molecular formula is C48H31N3. The largest absolute Gasteiger partial charge is 0.309 e. The van der Waals surface area contributed by atoms with Crippen LogP contribution in [0, 0.1) is 0 Å². The number of benzene rings is 8. The molecule has 12 rings (SSSR count). The molecule has 0 unspecified atom stereocenters. The average molecular weight is 650 g/mol. The summed E-state index contributed by atoms with van der Waals surface area (Å²) in [7, 11) is 0. The zero-order valence-electron chi connectivity index (χ0n) is 28.3. The van der Waals surface area contributed by atoms with Crippen molar-refractivity contribution < 1.29 is 0 Å². The van der Waals surface area contributed by atoms with Crippen molar-refractivity contribution in [1.82, 2.24) is 14.0 Å². The van der Waals surface area contributed by atoms with Gasteiger partial charge in [0.25, 0.3) is 0 Å². The fraction of sp³-hybridized carbons (Fsp3) is 0.0625. The summed E-state index contributed by atoms with van der Waals surface area (Å²) in [5, 5.41) is 11.4. The summed E-state index contributed by atoms with van der Waals surface area (Å²) < 4.78 is 4.87. The molecule has 3 heteroatoms. The maximum absolute atomic E-state index is 5.25. The Bertz CT molecular complexity index is 3340. The Morgan fingerprint density at radius 1 is 0.471 bits per heavy atom. The summed E-state index contributed by atoms with van der Waals surface area (Å²) in [6, 6.07) is 56.1. The van der Waals surface area contributed by atoms with Crippen molar-refractivity contribution >= 4 is 81.7 Å². The fourth-order valence-corrected chi connectivity index (χ4v) is 9.61. The van der Waals surface area contributed by atoms with E-state index in [0.717, 1.165) is 27.9 Å². The van der Waals surface area contributed by atoms with Crippen LogP contribution in [0.15, 0.2) is 152 Å². The van der Waals surface area contributed by atoms with Crippen LogP contribution in [0.5, 0.6) is 0 Å². The van der Waals surface area contributed by atoms with Crippen LogP contribution in [0.25, 0.3) is 98.5 Å². The highest BCUT2D eigenvalue weighted by Gasteiger charge is 2.35. The quantitative estimate of drug-likeness (QED) is 0.162. The van der Waals surface area contributed by atoms with E-state index >= 15 is 0 Å². The highest BCUT2D eigenvalue weighted by molar-refractivity contribution is 6.26. The maximum Gasteiger partial charge on any atom is 0.146 e. The molecule has 0 spiro atoms. The van der Waals surface area contributed by atoms with Crippen molar-refractivity contribution in [3.63, 3.8) is 0 Å². The van der Waals surface area contributed by atoms with Crippen LogP contribution >= 0.6 is 0 Å². The maximum atomic E-state index is 5.25.